The standard InChI is InChI=1S/C28H27N7O2/c1-16-13-21-22(14-17(16)2)33-27(36)26(32-21)25-24(29)19-15-18(6-7-20(19)31-25)28(37)35-11-9-34(10-12-35)23-5-3-4-8-30-23/h3-8,13-15,31H,9-12,29H2,1-2H3,(H,33,36). The van der Waals surface area contributed by atoms with E-state index in [4.69, 9.17) is 5.73 Å². The number of nitrogens with two attached hydrogens (primary N) is 1. The number of nitrogen functional groups attached to an aromatic ring is 1. The number of aromatic amines is 2. The van der Waals surface area contributed by atoms with Crippen molar-refractivity contribution in [2.75, 3.05) is 36.8 Å². The van der Waals surface area contributed by atoms with Gasteiger partial charge in [-0.1, -0.05) is 6.07 Å². The molecule has 5 aromatic rings. The number of amides is 1. The number of nitrogens with zero attached hydrogens (tertiary/aromatic N) is 4. The Bertz CT molecular complexity index is 1710. The van der Waals surface area contributed by atoms with Gasteiger partial charge in [0.05, 0.1) is 22.4 Å². The number of carbonyl (C=O) groups excluding carboxylic acids is 1. The van der Waals surface area contributed by atoms with Crippen molar-refractivity contribution in [2.24, 2.45) is 0 Å². The van der Waals surface area contributed by atoms with Gasteiger partial charge in [-0.2, -0.15) is 0 Å². The van der Waals surface area contributed by atoms with Gasteiger partial charge in [0.1, 0.15) is 5.82 Å². The highest BCUT2D eigenvalue weighted by molar-refractivity contribution is 6.04. The Morgan fingerprint density at radius 1 is 0.946 bits per heavy atom. The molecule has 186 valence electrons. The van der Waals surface area contributed by atoms with E-state index < -0.39 is 0 Å². The molecular weight excluding hydrogens is 466 g/mol. The van der Waals surface area contributed by atoms with Gasteiger partial charge in [0.2, 0.25) is 0 Å². The fourth-order valence-electron chi connectivity index (χ4n) is 4.91. The second kappa shape index (κ2) is 8.77. The maximum absolute atomic E-state index is 13.3. The molecule has 4 N–H and O–H groups in total. The number of H-pyrrole nitrogens is 2. The lowest BCUT2D eigenvalue weighted by molar-refractivity contribution is 0.0746. The van der Waals surface area contributed by atoms with E-state index in [1.807, 2.05) is 55.1 Å². The summed E-state index contributed by atoms with van der Waals surface area (Å²) in [5, 5.41) is 0.689. The third-order valence-electron chi connectivity index (χ3n) is 7.17. The quantitative estimate of drug-likeness (QED) is 0.353. The van der Waals surface area contributed by atoms with Crippen molar-refractivity contribution in [3.63, 3.8) is 0 Å². The molecule has 3 aromatic heterocycles. The second-order valence-electron chi connectivity index (χ2n) is 9.51. The Kier molecular flexibility index (Phi) is 5.40. The first-order valence-electron chi connectivity index (χ1n) is 12.3. The van der Waals surface area contributed by atoms with Crippen LogP contribution in [0.2, 0.25) is 0 Å². The predicted molar refractivity (Wildman–Crippen MR) is 146 cm³/mol. The average molecular weight is 494 g/mol. The van der Waals surface area contributed by atoms with E-state index >= 15 is 0 Å². The molecule has 1 fully saturated rings. The summed E-state index contributed by atoms with van der Waals surface area (Å²) >= 11 is 0. The van der Waals surface area contributed by atoms with Crippen molar-refractivity contribution < 1.29 is 4.79 Å². The monoisotopic (exact) mass is 493 g/mol. The summed E-state index contributed by atoms with van der Waals surface area (Å²) in [6, 6.07) is 15.1. The molecule has 6 rings (SSSR count). The van der Waals surface area contributed by atoms with Gasteiger partial charge in [0.15, 0.2) is 5.69 Å². The zero-order valence-electron chi connectivity index (χ0n) is 20.7. The van der Waals surface area contributed by atoms with Gasteiger partial charge in [-0.25, -0.2) is 9.97 Å². The van der Waals surface area contributed by atoms with Crippen molar-refractivity contribution in [1.29, 1.82) is 0 Å². The zero-order chi connectivity index (χ0) is 25.7. The molecule has 0 bridgehead atoms. The molecule has 0 unspecified atom stereocenters. The first-order chi connectivity index (χ1) is 17.9. The van der Waals surface area contributed by atoms with Crippen LogP contribution in [0.25, 0.3) is 33.3 Å². The zero-order valence-corrected chi connectivity index (χ0v) is 20.7. The Morgan fingerprint density at radius 2 is 1.73 bits per heavy atom. The molecule has 0 saturated carbocycles. The van der Waals surface area contributed by atoms with E-state index in [0.29, 0.717) is 46.5 Å². The minimum Gasteiger partial charge on any atom is -0.396 e. The summed E-state index contributed by atoms with van der Waals surface area (Å²) in [7, 11) is 0. The molecule has 9 nitrogen and oxygen atoms in total. The topological polar surface area (TPSA) is 124 Å². The summed E-state index contributed by atoms with van der Waals surface area (Å²) in [4.78, 5) is 45.4. The summed E-state index contributed by atoms with van der Waals surface area (Å²) in [5.41, 5.74) is 12.1. The molecule has 4 heterocycles. The Labute approximate surface area is 213 Å². The van der Waals surface area contributed by atoms with E-state index in [-0.39, 0.29) is 17.2 Å². The van der Waals surface area contributed by atoms with E-state index in [0.717, 1.165) is 35.6 Å². The van der Waals surface area contributed by atoms with Gasteiger partial charge in [0.25, 0.3) is 11.5 Å². The van der Waals surface area contributed by atoms with Crippen molar-refractivity contribution >= 4 is 39.3 Å². The summed E-state index contributed by atoms with van der Waals surface area (Å²) < 4.78 is 0. The molecule has 0 aliphatic carbocycles. The number of nitrogens with one attached hydrogen (secondary N) is 2. The molecule has 1 amide bonds. The highest BCUT2D eigenvalue weighted by Gasteiger charge is 2.24. The number of piperazine rings is 1. The van der Waals surface area contributed by atoms with Crippen LogP contribution < -0.4 is 16.2 Å². The van der Waals surface area contributed by atoms with Crippen molar-refractivity contribution in [2.45, 2.75) is 13.8 Å². The number of pyridine rings is 1. The summed E-state index contributed by atoms with van der Waals surface area (Å²) in [6.07, 6.45) is 1.78. The molecule has 0 radical (unpaired) electrons. The molecule has 1 saturated heterocycles. The minimum absolute atomic E-state index is 0.0442. The first kappa shape index (κ1) is 22.8. The predicted octanol–water partition coefficient (Wildman–Crippen LogP) is 3.63. The number of hydrogen-bond donors (Lipinski definition) is 3. The maximum Gasteiger partial charge on any atom is 0.276 e. The molecule has 9 heteroatoms. The lowest BCUT2D eigenvalue weighted by atomic mass is 10.1. The normalized spacial score (nSPS) is 14.0. The van der Waals surface area contributed by atoms with Crippen molar-refractivity contribution in [3.05, 3.63) is 81.8 Å². The Morgan fingerprint density at radius 3 is 2.49 bits per heavy atom. The van der Waals surface area contributed by atoms with Gasteiger partial charge in [-0.05, 0) is 67.4 Å². The minimum atomic E-state index is -0.323. The van der Waals surface area contributed by atoms with Gasteiger partial charge < -0.3 is 25.5 Å². The highest BCUT2D eigenvalue weighted by Crippen LogP contribution is 2.32. The van der Waals surface area contributed by atoms with Crippen LogP contribution in [0.3, 0.4) is 0 Å². The molecule has 0 spiro atoms. The lowest BCUT2D eigenvalue weighted by Crippen LogP contribution is -2.49. The number of aryl methyl sites for hydroxylation is 2. The Balaban J connectivity index is 1.29. The number of hydrogen-bond acceptors (Lipinski definition) is 6. The van der Waals surface area contributed by atoms with E-state index in [1.54, 1.807) is 18.3 Å². The fourth-order valence-corrected chi connectivity index (χ4v) is 4.91. The number of carbonyl (C=O) groups is 1. The third-order valence-corrected chi connectivity index (χ3v) is 7.17. The number of benzene rings is 2. The molecule has 2 aromatic carbocycles. The van der Waals surface area contributed by atoms with Crippen LogP contribution in [-0.2, 0) is 0 Å². The van der Waals surface area contributed by atoms with Gasteiger partial charge in [-0.15, -0.1) is 0 Å². The molecule has 0 atom stereocenters. The van der Waals surface area contributed by atoms with E-state index in [1.165, 1.54) is 0 Å². The van der Waals surface area contributed by atoms with E-state index in [9.17, 15) is 9.59 Å². The molecule has 1 aliphatic heterocycles. The Hall–Kier alpha value is -4.66. The van der Waals surface area contributed by atoms with Crippen LogP contribution in [0.15, 0.2) is 59.5 Å². The molecule has 37 heavy (non-hydrogen) atoms. The van der Waals surface area contributed by atoms with Crippen LogP contribution in [0.4, 0.5) is 11.5 Å². The van der Waals surface area contributed by atoms with Crippen molar-refractivity contribution in [1.82, 2.24) is 24.8 Å². The van der Waals surface area contributed by atoms with Crippen LogP contribution in [-0.4, -0.2) is 56.9 Å². The maximum atomic E-state index is 13.3. The lowest BCUT2D eigenvalue weighted by Gasteiger charge is -2.35. The summed E-state index contributed by atoms with van der Waals surface area (Å²) in [6.45, 7) is 6.66. The molecular formula is C28H27N7O2. The van der Waals surface area contributed by atoms with Gasteiger partial charge >= 0.3 is 0 Å². The summed E-state index contributed by atoms with van der Waals surface area (Å²) in [5.74, 6) is 0.878. The third kappa shape index (κ3) is 3.98. The van der Waals surface area contributed by atoms with Crippen LogP contribution in [0, 0.1) is 13.8 Å². The highest BCUT2D eigenvalue weighted by atomic mass is 16.2. The fraction of sp³-hybridized carbons (Fsp3) is 0.214. The number of anilines is 2. The SMILES string of the molecule is Cc1cc2nc(-c3[nH]c4ccc(C(=O)N5CCN(c6ccccn6)CC5)cc4c3N)c(=O)[nH]c2cc1C. The van der Waals surface area contributed by atoms with Crippen LogP contribution >= 0.6 is 0 Å². The number of aromatic nitrogens is 4. The average Bonchev–Trinajstić information content (AvgIpc) is 3.25. The largest absolute Gasteiger partial charge is 0.396 e. The van der Waals surface area contributed by atoms with Crippen molar-refractivity contribution in [3.8, 4) is 11.4 Å². The van der Waals surface area contributed by atoms with Crippen LogP contribution in [0.5, 0.6) is 0 Å². The second-order valence-corrected chi connectivity index (χ2v) is 9.51. The first-order valence-corrected chi connectivity index (χ1v) is 12.3. The molecule has 1 aliphatic rings. The number of fused-ring (bicyclic) bond motifs is 2. The smallest absolute Gasteiger partial charge is 0.276 e. The number of rotatable bonds is 3. The van der Waals surface area contributed by atoms with Crippen LogP contribution in [0.1, 0.15) is 21.5 Å². The van der Waals surface area contributed by atoms with Gasteiger partial charge in [-0.3, -0.25) is 9.59 Å². The van der Waals surface area contributed by atoms with E-state index in [2.05, 4.69) is 24.8 Å². The van der Waals surface area contributed by atoms with Gasteiger partial charge in [0, 0.05) is 48.8 Å².